The molecule has 4 nitrogen and oxygen atoms in total. The van der Waals surface area contributed by atoms with Gasteiger partial charge in [0.15, 0.2) is 5.17 Å². The Labute approximate surface area is 105 Å². The lowest BCUT2D eigenvalue weighted by atomic mass is 10.2. The van der Waals surface area contributed by atoms with Gasteiger partial charge >= 0.3 is 6.03 Å². The van der Waals surface area contributed by atoms with Crippen LogP contribution in [0.25, 0.3) is 0 Å². The minimum Gasteiger partial charge on any atom is -0.311 e. The average molecular weight is 249 g/mol. The molecule has 1 atom stereocenters. The molecular weight excluding hydrogens is 234 g/mol. The summed E-state index contributed by atoms with van der Waals surface area (Å²) in [6, 6.07) is 9.96. The van der Waals surface area contributed by atoms with Crippen molar-refractivity contribution < 1.29 is 4.79 Å². The molecule has 2 rings (SSSR count). The molecule has 1 aromatic rings. The van der Waals surface area contributed by atoms with Crippen molar-refractivity contribution in [3.63, 3.8) is 0 Å². The Morgan fingerprint density at radius 1 is 1.24 bits per heavy atom. The van der Waals surface area contributed by atoms with Crippen LogP contribution < -0.4 is 0 Å². The summed E-state index contributed by atoms with van der Waals surface area (Å²) in [7, 11) is 5.27. The summed E-state index contributed by atoms with van der Waals surface area (Å²) in [4.78, 5) is 19.5. The predicted octanol–water partition coefficient (Wildman–Crippen LogP) is 2.40. The Morgan fingerprint density at radius 3 is 2.47 bits per heavy atom. The third-order valence-electron chi connectivity index (χ3n) is 2.72. The van der Waals surface area contributed by atoms with E-state index in [1.165, 1.54) is 0 Å². The SMILES string of the molecule is C/N=C1\SC(c2ccccc2)N(C)C(=O)N1C. The second-order valence-electron chi connectivity index (χ2n) is 3.84. The van der Waals surface area contributed by atoms with Gasteiger partial charge in [-0.3, -0.25) is 9.89 Å². The van der Waals surface area contributed by atoms with E-state index >= 15 is 0 Å². The lowest BCUT2D eigenvalue weighted by Gasteiger charge is -2.37. The number of benzene rings is 1. The molecule has 1 saturated heterocycles. The number of aliphatic imine (C=N–C) groups is 1. The molecule has 1 aliphatic rings. The van der Waals surface area contributed by atoms with Crippen LogP contribution in [-0.4, -0.2) is 42.1 Å². The number of urea groups is 1. The monoisotopic (exact) mass is 249 g/mol. The van der Waals surface area contributed by atoms with Gasteiger partial charge in [-0.15, -0.1) is 0 Å². The van der Waals surface area contributed by atoms with E-state index in [1.54, 1.807) is 35.7 Å². The number of amides is 2. The van der Waals surface area contributed by atoms with E-state index in [-0.39, 0.29) is 11.4 Å². The summed E-state index contributed by atoms with van der Waals surface area (Å²) in [6.45, 7) is 0. The van der Waals surface area contributed by atoms with Gasteiger partial charge in [0.05, 0.1) is 0 Å². The van der Waals surface area contributed by atoms with Crippen molar-refractivity contribution in [2.45, 2.75) is 5.37 Å². The molecule has 90 valence electrons. The van der Waals surface area contributed by atoms with Crippen LogP contribution in [0, 0.1) is 0 Å². The van der Waals surface area contributed by atoms with Crippen LogP contribution in [0.4, 0.5) is 4.79 Å². The van der Waals surface area contributed by atoms with Crippen LogP contribution in [-0.2, 0) is 0 Å². The van der Waals surface area contributed by atoms with Crippen LogP contribution in [0.1, 0.15) is 10.9 Å². The highest BCUT2D eigenvalue weighted by Crippen LogP contribution is 2.37. The fourth-order valence-electron chi connectivity index (χ4n) is 1.79. The minimum absolute atomic E-state index is 0.00130. The van der Waals surface area contributed by atoms with Crippen LogP contribution in [0.3, 0.4) is 0 Å². The summed E-state index contributed by atoms with van der Waals surface area (Å²) in [6.07, 6.45) is 0. The number of nitrogens with zero attached hydrogens (tertiary/aromatic N) is 3. The number of hydrogen-bond donors (Lipinski definition) is 0. The lowest BCUT2D eigenvalue weighted by Crippen LogP contribution is -2.47. The van der Waals surface area contributed by atoms with Crippen LogP contribution in [0.2, 0.25) is 0 Å². The van der Waals surface area contributed by atoms with Gasteiger partial charge in [0.1, 0.15) is 5.37 Å². The molecule has 0 bridgehead atoms. The molecule has 5 heteroatoms. The molecule has 0 aliphatic carbocycles. The topological polar surface area (TPSA) is 35.9 Å². The fourth-order valence-corrected chi connectivity index (χ4v) is 2.87. The zero-order chi connectivity index (χ0) is 12.4. The van der Waals surface area contributed by atoms with E-state index in [2.05, 4.69) is 4.99 Å². The van der Waals surface area contributed by atoms with Gasteiger partial charge < -0.3 is 4.90 Å². The number of hydrogen-bond acceptors (Lipinski definition) is 3. The fraction of sp³-hybridized carbons (Fsp3) is 0.333. The molecule has 1 heterocycles. The highest BCUT2D eigenvalue weighted by molar-refractivity contribution is 8.14. The zero-order valence-electron chi connectivity index (χ0n) is 10.1. The Hall–Kier alpha value is -1.49. The Bertz CT molecular complexity index is 446. The summed E-state index contributed by atoms with van der Waals surface area (Å²) in [5.41, 5.74) is 1.11. The molecule has 1 aliphatic heterocycles. The van der Waals surface area contributed by atoms with Crippen molar-refractivity contribution in [2.24, 2.45) is 4.99 Å². The minimum atomic E-state index is -0.0294. The molecule has 0 radical (unpaired) electrons. The average Bonchev–Trinajstić information content (AvgIpc) is 2.37. The van der Waals surface area contributed by atoms with Gasteiger partial charge in [-0.2, -0.15) is 0 Å². The number of thioether (sulfide) groups is 1. The van der Waals surface area contributed by atoms with Crippen LogP contribution >= 0.6 is 11.8 Å². The van der Waals surface area contributed by atoms with Crippen molar-refractivity contribution in [3.8, 4) is 0 Å². The molecule has 2 amide bonds. The first kappa shape index (κ1) is 12.0. The van der Waals surface area contributed by atoms with E-state index in [0.29, 0.717) is 0 Å². The Balaban J connectivity index is 2.33. The molecule has 0 N–H and O–H groups in total. The largest absolute Gasteiger partial charge is 0.326 e. The molecule has 0 spiro atoms. The molecule has 1 unspecified atom stereocenters. The van der Waals surface area contributed by atoms with E-state index < -0.39 is 0 Å². The third-order valence-corrected chi connectivity index (χ3v) is 4.20. The van der Waals surface area contributed by atoms with E-state index in [1.807, 2.05) is 37.4 Å². The first-order chi connectivity index (χ1) is 8.15. The van der Waals surface area contributed by atoms with Crippen molar-refractivity contribution in [1.82, 2.24) is 9.80 Å². The van der Waals surface area contributed by atoms with E-state index in [4.69, 9.17) is 0 Å². The van der Waals surface area contributed by atoms with Crippen molar-refractivity contribution in [2.75, 3.05) is 21.1 Å². The maximum absolute atomic E-state index is 12.0. The molecular formula is C12H15N3OS. The van der Waals surface area contributed by atoms with Crippen molar-refractivity contribution in [3.05, 3.63) is 35.9 Å². The second kappa shape index (κ2) is 4.79. The van der Waals surface area contributed by atoms with Gasteiger partial charge in [0.2, 0.25) is 0 Å². The van der Waals surface area contributed by atoms with Crippen LogP contribution in [0.5, 0.6) is 0 Å². The van der Waals surface area contributed by atoms with Gasteiger partial charge in [0, 0.05) is 21.1 Å². The maximum Gasteiger partial charge on any atom is 0.326 e. The number of carbonyl (C=O) groups is 1. The standard InChI is InChI=1S/C12H15N3OS/c1-13-11-15(3)12(16)14(2)10(17-11)9-7-5-4-6-8-9/h4-8,10H,1-3H3/b13-11-. The molecule has 0 aromatic heterocycles. The van der Waals surface area contributed by atoms with Gasteiger partial charge in [-0.25, -0.2) is 4.79 Å². The predicted molar refractivity (Wildman–Crippen MR) is 71.1 cm³/mol. The highest BCUT2D eigenvalue weighted by atomic mass is 32.2. The first-order valence-electron chi connectivity index (χ1n) is 5.34. The van der Waals surface area contributed by atoms with Gasteiger partial charge in [-0.1, -0.05) is 42.1 Å². The summed E-state index contributed by atoms with van der Waals surface area (Å²) < 4.78 is 0. The first-order valence-corrected chi connectivity index (χ1v) is 6.22. The third kappa shape index (κ3) is 2.15. The maximum atomic E-state index is 12.0. The number of amidine groups is 1. The molecule has 1 aromatic carbocycles. The molecule has 17 heavy (non-hydrogen) atoms. The summed E-state index contributed by atoms with van der Waals surface area (Å²) in [5, 5.41) is 0.751. The Kier molecular flexibility index (Phi) is 3.38. The van der Waals surface area contributed by atoms with Crippen LogP contribution in [0.15, 0.2) is 35.3 Å². The van der Waals surface area contributed by atoms with Gasteiger partial charge in [0.25, 0.3) is 0 Å². The summed E-state index contributed by atoms with van der Waals surface area (Å²) >= 11 is 1.59. The zero-order valence-corrected chi connectivity index (χ0v) is 10.9. The second-order valence-corrected chi connectivity index (χ2v) is 4.89. The van der Waals surface area contributed by atoms with Gasteiger partial charge in [-0.05, 0) is 5.56 Å². The quantitative estimate of drug-likeness (QED) is 0.766. The van der Waals surface area contributed by atoms with Crippen molar-refractivity contribution in [1.29, 1.82) is 0 Å². The van der Waals surface area contributed by atoms with Crippen molar-refractivity contribution >= 4 is 23.0 Å². The highest BCUT2D eigenvalue weighted by Gasteiger charge is 2.34. The smallest absolute Gasteiger partial charge is 0.311 e. The van der Waals surface area contributed by atoms with E-state index in [0.717, 1.165) is 10.7 Å². The normalized spacial score (nSPS) is 23.4. The number of carbonyl (C=O) groups excluding carboxylic acids is 1. The Morgan fingerprint density at radius 2 is 1.88 bits per heavy atom. The van der Waals surface area contributed by atoms with E-state index in [9.17, 15) is 4.79 Å². The molecule has 0 saturated carbocycles. The summed E-state index contributed by atoms with van der Waals surface area (Å²) in [5.74, 6) is 0. The molecule has 1 fully saturated rings. The lowest BCUT2D eigenvalue weighted by molar-refractivity contribution is 0.187. The number of rotatable bonds is 1.